The fourth-order valence-electron chi connectivity index (χ4n) is 1.28. The van der Waals surface area contributed by atoms with Crippen molar-refractivity contribution in [3.05, 3.63) is 36.5 Å². The van der Waals surface area contributed by atoms with E-state index in [0.29, 0.717) is 0 Å². The quantitative estimate of drug-likeness (QED) is 0.428. The van der Waals surface area contributed by atoms with Crippen molar-refractivity contribution >= 4 is 0 Å². The summed E-state index contributed by atoms with van der Waals surface area (Å²) in [7, 11) is 0. The van der Waals surface area contributed by atoms with Gasteiger partial charge in [-0.3, -0.25) is 0 Å². The molecule has 0 saturated carbocycles. The zero-order valence-electron chi connectivity index (χ0n) is 8.02. The molecule has 76 valence electrons. The van der Waals surface area contributed by atoms with Crippen molar-refractivity contribution in [1.82, 2.24) is 0 Å². The monoisotopic (exact) mass is 220 g/mol. The van der Waals surface area contributed by atoms with Gasteiger partial charge in [-0.25, -0.2) is 0 Å². The molecule has 0 nitrogen and oxygen atoms in total. The molecule has 0 N–H and O–H groups in total. The molecule has 0 atom stereocenters. The van der Waals surface area contributed by atoms with Gasteiger partial charge in [-0.2, -0.15) is 0 Å². The van der Waals surface area contributed by atoms with E-state index in [-0.39, 0.29) is 16.5 Å². The van der Waals surface area contributed by atoms with Gasteiger partial charge in [0, 0.05) is 16.5 Å². The van der Waals surface area contributed by atoms with Gasteiger partial charge in [-0.1, -0.05) is 36.5 Å². The van der Waals surface area contributed by atoms with Gasteiger partial charge in [0.25, 0.3) is 0 Å². The Morgan fingerprint density at radius 2 is 0.538 bits per heavy atom. The molecule has 1 aliphatic rings. The number of hydrogen-bond donors (Lipinski definition) is 0. The van der Waals surface area contributed by atoms with Crippen LogP contribution in [-0.2, 0) is 16.5 Å². The summed E-state index contributed by atoms with van der Waals surface area (Å²) in [6.07, 6.45) is 21.0. The largest absolute Gasteiger partial charge is 0.0882 e. The molecule has 1 heteroatoms. The fourth-order valence-corrected chi connectivity index (χ4v) is 1.28. The topological polar surface area (TPSA) is 0 Å². The van der Waals surface area contributed by atoms with Crippen LogP contribution in [0, 0.1) is 0 Å². The summed E-state index contributed by atoms with van der Waals surface area (Å²) in [5, 5.41) is 0. The summed E-state index contributed by atoms with van der Waals surface area (Å²) < 4.78 is 0. The molecule has 0 aromatic rings. The predicted molar refractivity (Wildman–Crippen MR) is 55.1 cm³/mol. The zero-order chi connectivity index (χ0) is 8.49. The number of rotatable bonds is 0. The first-order chi connectivity index (χ1) is 6.00. The maximum absolute atomic E-state index is 2.29. The van der Waals surface area contributed by atoms with E-state index in [9.17, 15) is 0 Å². The molecule has 0 unspecified atom stereocenters. The Morgan fingerprint density at radius 3 is 0.692 bits per heavy atom. The summed E-state index contributed by atoms with van der Waals surface area (Å²) in [5.74, 6) is 0. The minimum absolute atomic E-state index is 0. The van der Waals surface area contributed by atoms with E-state index in [1.807, 2.05) is 0 Å². The van der Waals surface area contributed by atoms with E-state index < -0.39 is 0 Å². The van der Waals surface area contributed by atoms with E-state index in [2.05, 4.69) is 36.5 Å². The summed E-state index contributed by atoms with van der Waals surface area (Å²) in [5.41, 5.74) is 0. The standard InChI is InChI=1S/C12H18.Ni/c1-2-4-6-8-10-12-11-9-7-5-3-1;/h1-2,7-10H,3-6,11-12H2;/b2-1-,9-7-,10-8-;. The van der Waals surface area contributed by atoms with E-state index in [0.717, 1.165) is 0 Å². The van der Waals surface area contributed by atoms with Crippen LogP contribution < -0.4 is 0 Å². The van der Waals surface area contributed by atoms with Gasteiger partial charge < -0.3 is 0 Å². The van der Waals surface area contributed by atoms with Crippen LogP contribution >= 0.6 is 0 Å². The van der Waals surface area contributed by atoms with Gasteiger partial charge in [-0.15, -0.1) is 0 Å². The van der Waals surface area contributed by atoms with Crippen molar-refractivity contribution < 1.29 is 16.5 Å². The molecule has 1 aliphatic carbocycles. The van der Waals surface area contributed by atoms with E-state index in [1.54, 1.807) is 0 Å². The van der Waals surface area contributed by atoms with Crippen LogP contribution in [0.2, 0.25) is 0 Å². The molecule has 0 fully saturated rings. The minimum atomic E-state index is 0. The van der Waals surface area contributed by atoms with Crippen LogP contribution in [0.1, 0.15) is 38.5 Å². The second kappa shape index (κ2) is 9.80. The van der Waals surface area contributed by atoms with Crippen LogP contribution in [0.5, 0.6) is 0 Å². The third-order valence-corrected chi connectivity index (χ3v) is 2.00. The molecule has 0 spiro atoms. The van der Waals surface area contributed by atoms with Crippen LogP contribution in [0.4, 0.5) is 0 Å². The smallest absolute Gasteiger partial charge is 0 e. The normalized spacial score (nSPS) is 25.8. The third-order valence-electron chi connectivity index (χ3n) is 2.00. The van der Waals surface area contributed by atoms with Crippen molar-refractivity contribution in [3.8, 4) is 0 Å². The Bertz CT molecular complexity index is 126. The summed E-state index contributed by atoms with van der Waals surface area (Å²) in [6.45, 7) is 0. The second-order valence-electron chi connectivity index (χ2n) is 3.15. The third kappa shape index (κ3) is 8.05. The Balaban J connectivity index is 0.00000144. The van der Waals surface area contributed by atoms with Crippen molar-refractivity contribution in [2.24, 2.45) is 0 Å². The van der Waals surface area contributed by atoms with Crippen molar-refractivity contribution in [2.45, 2.75) is 38.5 Å². The molecule has 0 heterocycles. The Labute approximate surface area is 91.7 Å². The zero-order valence-corrected chi connectivity index (χ0v) is 9.01. The molecule has 0 bridgehead atoms. The Kier molecular flexibility index (Phi) is 9.58. The molecule has 0 aliphatic heterocycles. The average molecular weight is 221 g/mol. The maximum atomic E-state index is 2.29. The van der Waals surface area contributed by atoms with Gasteiger partial charge in [0.1, 0.15) is 0 Å². The molecular weight excluding hydrogens is 203 g/mol. The van der Waals surface area contributed by atoms with Crippen LogP contribution in [-0.4, -0.2) is 0 Å². The number of allylic oxidation sites excluding steroid dienone is 6. The predicted octanol–water partition coefficient (Wildman–Crippen LogP) is 4.01. The summed E-state index contributed by atoms with van der Waals surface area (Å²) in [6, 6.07) is 0. The Hall–Kier alpha value is -0.286. The van der Waals surface area contributed by atoms with Crippen molar-refractivity contribution in [1.29, 1.82) is 0 Å². The van der Waals surface area contributed by atoms with Gasteiger partial charge in [-0.05, 0) is 38.5 Å². The van der Waals surface area contributed by atoms with E-state index in [4.69, 9.17) is 0 Å². The molecule has 0 amide bonds. The van der Waals surface area contributed by atoms with Gasteiger partial charge >= 0.3 is 0 Å². The molecular formula is C12H18Ni. The van der Waals surface area contributed by atoms with Gasteiger partial charge in [0.15, 0.2) is 0 Å². The van der Waals surface area contributed by atoms with Crippen LogP contribution in [0.25, 0.3) is 0 Å². The molecule has 0 aromatic carbocycles. The van der Waals surface area contributed by atoms with Crippen LogP contribution in [0.15, 0.2) is 36.5 Å². The average Bonchev–Trinajstić information content (AvgIpc) is 2.05. The second-order valence-corrected chi connectivity index (χ2v) is 3.15. The molecule has 13 heavy (non-hydrogen) atoms. The molecule has 0 radical (unpaired) electrons. The van der Waals surface area contributed by atoms with E-state index >= 15 is 0 Å². The van der Waals surface area contributed by atoms with E-state index in [1.165, 1.54) is 38.5 Å². The van der Waals surface area contributed by atoms with Gasteiger partial charge in [0.2, 0.25) is 0 Å². The first-order valence-corrected chi connectivity index (χ1v) is 4.95. The van der Waals surface area contributed by atoms with Gasteiger partial charge in [0.05, 0.1) is 0 Å². The SMILES string of the molecule is C1=C\CC/C=C\CC/C=C\CC/1.[Ni]. The molecule has 0 saturated heterocycles. The summed E-state index contributed by atoms with van der Waals surface area (Å²) in [4.78, 5) is 0. The maximum Gasteiger partial charge on any atom is 0 e. The van der Waals surface area contributed by atoms with Crippen molar-refractivity contribution in [3.63, 3.8) is 0 Å². The van der Waals surface area contributed by atoms with Crippen LogP contribution in [0.3, 0.4) is 0 Å². The molecule has 1 rings (SSSR count). The van der Waals surface area contributed by atoms with Crippen molar-refractivity contribution in [2.75, 3.05) is 0 Å². The minimum Gasteiger partial charge on any atom is -0.0882 e. The number of hydrogen-bond acceptors (Lipinski definition) is 0. The fraction of sp³-hybridized carbons (Fsp3) is 0.500. The Morgan fingerprint density at radius 1 is 0.385 bits per heavy atom. The summed E-state index contributed by atoms with van der Waals surface area (Å²) >= 11 is 0. The molecule has 0 aromatic heterocycles. The first-order valence-electron chi connectivity index (χ1n) is 4.95. The first kappa shape index (κ1) is 12.7.